The lowest BCUT2D eigenvalue weighted by atomic mass is 10.0. The Morgan fingerprint density at radius 3 is 2.25 bits per heavy atom. The Kier molecular flexibility index (Phi) is 3.60. The molecule has 102 valence electrons. The van der Waals surface area contributed by atoms with Crippen molar-refractivity contribution in [3.8, 4) is 17.2 Å². The zero-order valence-corrected chi connectivity index (χ0v) is 11.8. The number of sulfone groups is 1. The van der Waals surface area contributed by atoms with E-state index in [4.69, 9.17) is 5.26 Å². The van der Waals surface area contributed by atoms with Crippen LogP contribution in [0, 0.1) is 24.1 Å². The predicted octanol–water partition coefficient (Wildman–Crippen LogP) is 3.08. The summed E-state index contributed by atoms with van der Waals surface area (Å²) in [5, 5.41) is 9.06. The lowest BCUT2D eigenvalue weighted by Crippen LogP contribution is -2.00. The van der Waals surface area contributed by atoms with Gasteiger partial charge in [0.2, 0.25) is 0 Å². The summed E-state index contributed by atoms with van der Waals surface area (Å²) in [5.74, 6) is -0.340. The molecule has 0 aromatic heterocycles. The smallest absolute Gasteiger partial charge is 0.176 e. The van der Waals surface area contributed by atoms with Gasteiger partial charge in [-0.15, -0.1) is 0 Å². The SMILES string of the molecule is Cc1ccc(-c2ccc(S(C)(=O)=O)c(C#N)c2)cc1F. The van der Waals surface area contributed by atoms with Crippen molar-refractivity contribution in [2.75, 3.05) is 6.26 Å². The zero-order chi connectivity index (χ0) is 14.9. The van der Waals surface area contributed by atoms with Crippen LogP contribution in [0.1, 0.15) is 11.1 Å². The van der Waals surface area contributed by atoms with E-state index in [9.17, 15) is 12.8 Å². The van der Waals surface area contributed by atoms with Crippen LogP contribution in [-0.4, -0.2) is 14.7 Å². The molecule has 0 heterocycles. The normalized spacial score (nSPS) is 11.1. The Balaban J connectivity index is 2.61. The van der Waals surface area contributed by atoms with E-state index in [0.717, 1.165) is 6.26 Å². The Morgan fingerprint density at radius 2 is 1.70 bits per heavy atom. The van der Waals surface area contributed by atoms with E-state index >= 15 is 0 Å². The first-order valence-corrected chi connectivity index (χ1v) is 7.73. The van der Waals surface area contributed by atoms with E-state index in [1.807, 2.05) is 6.07 Å². The minimum Gasteiger partial charge on any atom is -0.224 e. The highest BCUT2D eigenvalue weighted by molar-refractivity contribution is 7.90. The lowest BCUT2D eigenvalue weighted by molar-refractivity contribution is 0.601. The highest BCUT2D eigenvalue weighted by Crippen LogP contribution is 2.26. The molecule has 0 radical (unpaired) electrons. The summed E-state index contributed by atoms with van der Waals surface area (Å²) in [4.78, 5) is -0.0173. The molecule has 0 N–H and O–H groups in total. The van der Waals surface area contributed by atoms with Crippen molar-refractivity contribution in [3.05, 3.63) is 53.3 Å². The molecule has 0 amide bonds. The first-order valence-electron chi connectivity index (χ1n) is 5.83. The monoisotopic (exact) mass is 289 g/mol. The largest absolute Gasteiger partial charge is 0.224 e. The predicted molar refractivity (Wildman–Crippen MR) is 74.4 cm³/mol. The van der Waals surface area contributed by atoms with Gasteiger partial charge in [0, 0.05) is 6.26 Å². The average molecular weight is 289 g/mol. The van der Waals surface area contributed by atoms with Crippen molar-refractivity contribution < 1.29 is 12.8 Å². The molecule has 0 atom stereocenters. The van der Waals surface area contributed by atoms with Gasteiger partial charge in [-0.3, -0.25) is 0 Å². The molecule has 0 saturated heterocycles. The number of aryl methyl sites for hydroxylation is 1. The molecule has 2 rings (SSSR count). The number of hydrogen-bond acceptors (Lipinski definition) is 3. The van der Waals surface area contributed by atoms with Gasteiger partial charge in [0.05, 0.1) is 10.5 Å². The zero-order valence-electron chi connectivity index (χ0n) is 11.0. The maximum atomic E-state index is 13.6. The van der Waals surface area contributed by atoms with E-state index in [1.165, 1.54) is 18.2 Å². The molecule has 0 aliphatic carbocycles. The van der Waals surface area contributed by atoms with Gasteiger partial charge in [0.25, 0.3) is 0 Å². The van der Waals surface area contributed by atoms with Crippen molar-refractivity contribution in [1.29, 1.82) is 5.26 Å². The minimum absolute atomic E-state index is 0.0173. The van der Waals surface area contributed by atoms with Gasteiger partial charge in [-0.1, -0.05) is 18.2 Å². The van der Waals surface area contributed by atoms with Crippen molar-refractivity contribution >= 4 is 9.84 Å². The van der Waals surface area contributed by atoms with E-state index in [-0.39, 0.29) is 16.3 Å². The van der Waals surface area contributed by atoms with Crippen molar-refractivity contribution in [2.45, 2.75) is 11.8 Å². The maximum Gasteiger partial charge on any atom is 0.176 e. The Bertz CT molecular complexity index is 820. The lowest BCUT2D eigenvalue weighted by Gasteiger charge is -2.07. The summed E-state index contributed by atoms with van der Waals surface area (Å²) in [6.45, 7) is 1.66. The van der Waals surface area contributed by atoms with Crippen LogP contribution in [0.2, 0.25) is 0 Å². The van der Waals surface area contributed by atoms with Gasteiger partial charge >= 0.3 is 0 Å². The molecule has 0 unspecified atom stereocenters. The van der Waals surface area contributed by atoms with Crippen LogP contribution in [0.25, 0.3) is 11.1 Å². The molecule has 3 nitrogen and oxygen atoms in total. The fourth-order valence-corrected chi connectivity index (χ4v) is 2.71. The topological polar surface area (TPSA) is 57.9 Å². The number of hydrogen-bond donors (Lipinski definition) is 0. The molecule has 20 heavy (non-hydrogen) atoms. The van der Waals surface area contributed by atoms with Crippen LogP contribution < -0.4 is 0 Å². The summed E-state index contributed by atoms with van der Waals surface area (Å²) in [6.07, 6.45) is 1.05. The second kappa shape index (κ2) is 5.06. The van der Waals surface area contributed by atoms with Gasteiger partial charge in [0.15, 0.2) is 9.84 Å². The summed E-state index contributed by atoms with van der Waals surface area (Å²) in [6, 6.07) is 11.0. The van der Waals surface area contributed by atoms with E-state index in [2.05, 4.69) is 0 Å². The van der Waals surface area contributed by atoms with E-state index in [1.54, 1.807) is 25.1 Å². The van der Waals surface area contributed by atoms with Crippen LogP contribution in [0.5, 0.6) is 0 Å². The van der Waals surface area contributed by atoms with Gasteiger partial charge in [-0.25, -0.2) is 12.8 Å². The fraction of sp³-hybridized carbons (Fsp3) is 0.133. The van der Waals surface area contributed by atoms with Crippen molar-refractivity contribution in [2.24, 2.45) is 0 Å². The third kappa shape index (κ3) is 2.70. The molecule has 5 heteroatoms. The first kappa shape index (κ1) is 14.2. The summed E-state index contributed by atoms with van der Waals surface area (Å²) in [5.41, 5.74) is 1.80. The average Bonchev–Trinajstić information content (AvgIpc) is 2.40. The molecule has 0 aliphatic heterocycles. The van der Waals surface area contributed by atoms with Crippen LogP contribution in [0.3, 0.4) is 0 Å². The Hall–Kier alpha value is -2.19. The van der Waals surface area contributed by atoms with Crippen LogP contribution >= 0.6 is 0 Å². The molecular weight excluding hydrogens is 277 g/mol. The number of nitriles is 1. The number of nitrogens with zero attached hydrogens (tertiary/aromatic N) is 1. The number of rotatable bonds is 2. The molecular formula is C15H12FNO2S. The molecule has 0 aliphatic rings. The standard InChI is InChI=1S/C15H12FNO2S/c1-10-3-4-12(8-14(10)16)11-5-6-15(20(2,18)19)13(7-11)9-17/h3-8H,1-2H3. The van der Waals surface area contributed by atoms with Gasteiger partial charge < -0.3 is 0 Å². The maximum absolute atomic E-state index is 13.6. The number of halogens is 1. The summed E-state index contributed by atoms with van der Waals surface area (Å²) < 4.78 is 36.7. The third-order valence-corrected chi connectivity index (χ3v) is 4.16. The highest BCUT2D eigenvalue weighted by atomic mass is 32.2. The Morgan fingerprint density at radius 1 is 1.10 bits per heavy atom. The van der Waals surface area contributed by atoms with Gasteiger partial charge in [0.1, 0.15) is 11.9 Å². The van der Waals surface area contributed by atoms with Gasteiger partial charge in [-0.2, -0.15) is 5.26 Å². The van der Waals surface area contributed by atoms with E-state index < -0.39 is 9.84 Å². The Labute approximate surface area is 117 Å². The van der Waals surface area contributed by atoms with Crippen LogP contribution in [0.15, 0.2) is 41.3 Å². The van der Waals surface area contributed by atoms with Gasteiger partial charge in [-0.05, 0) is 41.8 Å². The molecule has 0 fully saturated rings. The van der Waals surface area contributed by atoms with Crippen molar-refractivity contribution in [1.82, 2.24) is 0 Å². The summed E-state index contributed by atoms with van der Waals surface area (Å²) >= 11 is 0. The molecule has 0 saturated carbocycles. The fourth-order valence-electron chi connectivity index (χ4n) is 1.89. The molecule has 0 bridgehead atoms. The molecule has 0 spiro atoms. The highest BCUT2D eigenvalue weighted by Gasteiger charge is 2.14. The summed E-state index contributed by atoms with van der Waals surface area (Å²) in [7, 11) is -3.46. The second-order valence-corrected chi connectivity index (χ2v) is 6.54. The van der Waals surface area contributed by atoms with Crippen molar-refractivity contribution in [3.63, 3.8) is 0 Å². The number of benzene rings is 2. The van der Waals surface area contributed by atoms with E-state index in [0.29, 0.717) is 16.7 Å². The van der Waals surface area contributed by atoms with Crippen LogP contribution in [0.4, 0.5) is 4.39 Å². The molecule has 2 aromatic rings. The van der Waals surface area contributed by atoms with Crippen LogP contribution in [-0.2, 0) is 9.84 Å². The first-order chi connectivity index (χ1) is 9.32. The quantitative estimate of drug-likeness (QED) is 0.853. The third-order valence-electron chi connectivity index (χ3n) is 3.00. The second-order valence-electron chi connectivity index (χ2n) is 4.56. The molecule has 2 aromatic carbocycles. The minimum atomic E-state index is -3.46.